The summed E-state index contributed by atoms with van der Waals surface area (Å²) < 4.78 is 0. The molecule has 0 heterocycles. The normalized spacial score (nSPS) is 12.1. The van der Waals surface area contributed by atoms with Crippen LogP contribution in [0.3, 0.4) is 0 Å². The summed E-state index contributed by atoms with van der Waals surface area (Å²) in [4.78, 5) is 0. The number of hydrogen-bond acceptors (Lipinski definition) is 1. The number of unbranched alkanes of at least 4 members (excludes halogenated alkanes) is 1. The number of benzene rings is 2. The van der Waals surface area contributed by atoms with Gasteiger partial charge in [-0.25, -0.2) is 0 Å². The Balaban J connectivity index is 2.13. The van der Waals surface area contributed by atoms with Crippen LogP contribution in [-0.2, 0) is 0 Å². The maximum Gasteiger partial charge on any atom is 0.0513 e. The SMILES string of the molecule is CCCCC(Nc1ccccc1)c1ccc(C)cc1. The lowest BCUT2D eigenvalue weighted by molar-refractivity contribution is 0.634. The molecule has 0 fully saturated rings. The summed E-state index contributed by atoms with van der Waals surface area (Å²) in [5, 5.41) is 3.65. The van der Waals surface area contributed by atoms with E-state index in [-0.39, 0.29) is 0 Å². The van der Waals surface area contributed by atoms with E-state index in [0.717, 1.165) is 0 Å². The second-order valence-corrected chi connectivity index (χ2v) is 5.12. The van der Waals surface area contributed by atoms with Crippen LogP contribution in [0.15, 0.2) is 54.6 Å². The van der Waals surface area contributed by atoms with Gasteiger partial charge in [-0.15, -0.1) is 0 Å². The van der Waals surface area contributed by atoms with Crippen molar-refractivity contribution in [1.29, 1.82) is 0 Å². The standard InChI is InChI=1S/C18H23N/c1-3-4-10-18(16-13-11-15(2)12-14-16)19-17-8-6-5-7-9-17/h5-9,11-14,18-19H,3-4,10H2,1-2H3. The topological polar surface area (TPSA) is 12.0 Å². The van der Waals surface area contributed by atoms with E-state index in [1.165, 1.54) is 36.1 Å². The van der Waals surface area contributed by atoms with Gasteiger partial charge in [-0.3, -0.25) is 0 Å². The molecule has 0 aliphatic heterocycles. The number of rotatable bonds is 6. The van der Waals surface area contributed by atoms with Crippen LogP contribution < -0.4 is 5.32 Å². The molecule has 0 saturated heterocycles. The smallest absolute Gasteiger partial charge is 0.0513 e. The number of nitrogens with one attached hydrogen (secondary N) is 1. The fraction of sp³-hybridized carbons (Fsp3) is 0.333. The molecule has 0 aliphatic rings. The van der Waals surface area contributed by atoms with Gasteiger partial charge in [0.05, 0.1) is 6.04 Å². The zero-order valence-electron chi connectivity index (χ0n) is 11.9. The van der Waals surface area contributed by atoms with Crippen molar-refractivity contribution in [2.75, 3.05) is 5.32 Å². The van der Waals surface area contributed by atoms with Gasteiger partial charge in [0.15, 0.2) is 0 Å². The molecular formula is C18H23N. The third-order valence-electron chi connectivity index (χ3n) is 3.44. The Bertz CT molecular complexity index is 473. The first-order valence-electron chi connectivity index (χ1n) is 7.17. The van der Waals surface area contributed by atoms with Gasteiger partial charge in [-0.2, -0.15) is 0 Å². The Kier molecular flexibility index (Phi) is 5.02. The maximum absolute atomic E-state index is 3.65. The van der Waals surface area contributed by atoms with Gasteiger partial charge in [-0.1, -0.05) is 67.8 Å². The molecule has 19 heavy (non-hydrogen) atoms. The summed E-state index contributed by atoms with van der Waals surface area (Å²) in [6.07, 6.45) is 3.66. The van der Waals surface area contributed by atoms with Crippen molar-refractivity contribution in [3.05, 3.63) is 65.7 Å². The van der Waals surface area contributed by atoms with E-state index in [4.69, 9.17) is 0 Å². The minimum Gasteiger partial charge on any atom is -0.378 e. The predicted molar refractivity (Wildman–Crippen MR) is 83.5 cm³/mol. The first kappa shape index (κ1) is 13.7. The highest BCUT2D eigenvalue weighted by molar-refractivity contribution is 5.45. The van der Waals surface area contributed by atoms with Crippen molar-refractivity contribution in [3.63, 3.8) is 0 Å². The molecule has 0 amide bonds. The summed E-state index contributed by atoms with van der Waals surface area (Å²) in [5.41, 5.74) is 3.89. The van der Waals surface area contributed by atoms with Gasteiger partial charge < -0.3 is 5.32 Å². The van der Waals surface area contributed by atoms with Crippen LogP contribution in [0.5, 0.6) is 0 Å². The quantitative estimate of drug-likeness (QED) is 0.733. The lowest BCUT2D eigenvalue weighted by Crippen LogP contribution is -2.10. The van der Waals surface area contributed by atoms with Gasteiger partial charge in [0.25, 0.3) is 0 Å². The van der Waals surface area contributed by atoms with Crippen LogP contribution in [0.1, 0.15) is 43.4 Å². The average Bonchev–Trinajstić information content (AvgIpc) is 2.45. The molecule has 0 saturated carbocycles. The molecule has 1 atom stereocenters. The number of aryl methyl sites for hydroxylation is 1. The van der Waals surface area contributed by atoms with Crippen LogP contribution in [0.25, 0.3) is 0 Å². The molecule has 0 aromatic heterocycles. The Morgan fingerprint density at radius 3 is 2.26 bits per heavy atom. The molecule has 0 radical (unpaired) electrons. The fourth-order valence-electron chi connectivity index (χ4n) is 2.26. The third kappa shape index (κ3) is 4.13. The van der Waals surface area contributed by atoms with E-state index >= 15 is 0 Å². The van der Waals surface area contributed by atoms with E-state index in [9.17, 15) is 0 Å². The number of anilines is 1. The van der Waals surface area contributed by atoms with Crippen molar-refractivity contribution in [2.24, 2.45) is 0 Å². The van der Waals surface area contributed by atoms with Gasteiger partial charge in [-0.05, 0) is 31.0 Å². The van der Waals surface area contributed by atoms with Gasteiger partial charge in [0.1, 0.15) is 0 Å². The second-order valence-electron chi connectivity index (χ2n) is 5.12. The Labute approximate surface area is 116 Å². The summed E-state index contributed by atoms with van der Waals surface area (Å²) >= 11 is 0. The van der Waals surface area contributed by atoms with Gasteiger partial charge >= 0.3 is 0 Å². The van der Waals surface area contributed by atoms with E-state index in [1.54, 1.807) is 0 Å². The van der Waals surface area contributed by atoms with Crippen molar-refractivity contribution in [1.82, 2.24) is 0 Å². The molecule has 2 aromatic carbocycles. The Hall–Kier alpha value is -1.76. The summed E-state index contributed by atoms with van der Waals surface area (Å²) in [6.45, 7) is 4.38. The van der Waals surface area contributed by atoms with E-state index < -0.39 is 0 Å². The summed E-state index contributed by atoms with van der Waals surface area (Å²) in [5.74, 6) is 0. The first-order valence-corrected chi connectivity index (χ1v) is 7.17. The molecule has 0 bridgehead atoms. The molecule has 2 rings (SSSR count). The largest absolute Gasteiger partial charge is 0.378 e. The molecule has 1 N–H and O–H groups in total. The molecule has 0 spiro atoms. The van der Waals surface area contributed by atoms with Crippen molar-refractivity contribution < 1.29 is 0 Å². The molecule has 100 valence electrons. The minimum atomic E-state index is 0.406. The lowest BCUT2D eigenvalue weighted by Gasteiger charge is -2.20. The monoisotopic (exact) mass is 253 g/mol. The molecule has 0 aliphatic carbocycles. The first-order chi connectivity index (χ1) is 9.29. The van der Waals surface area contributed by atoms with Crippen molar-refractivity contribution >= 4 is 5.69 Å². The third-order valence-corrected chi connectivity index (χ3v) is 3.44. The predicted octanol–water partition coefficient (Wildman–Crippen LogP) is 5.34. The van der Waals surface area contributed by atoms with Crippen LogP contribution in [0.2, 0.25) is 0 Å². The molecule has 1 nitrogen and oxygen atoms in total. The Morgan fingerprint density at radius 1 is 0.947 bits per heavy atom. The van der Waals surface area contributed by atoms with Crippen LogP contribution >= 0.6 is 0 Å². The maximum atomic E-state index is 3.65. The Morgan fingerprint density at radius 2 is 1.63 bits per heavy atom. The second kappa shape index (κ2) is 6.98. The van der Waals surface area contributed by atoms with Crippen molar-refractivity contribution in [2.45, 2.75) is 39.2 Å². The van der Waals surface area contributed by atoms with Gasteiger partial charge in [0, 0.05) is 5.69 Å². The molecule has 2 aromatic rings. The van der Waals surface area contributed by atoms with Crippen LogP contribution in [-0.4, -0.2) is 0 Å². The highest BCUT2D eigenvalue weighted by Crippen LogP contribution is 2.24. The highest BCUT2D eigenvalue weighted by Gasteiger charge is 2.10. The highest BCUT2D eigenvalue weighted by atomic mass is 14.9. The molecule has 1 unspecified atom stereocenters. The number of para-hydroxylation sites is 1. The van der Waals surface area contributed by atoms with Gasteiger partial charge in [0.2, 0.25) is 0 Å². The molecular weight excluding hydrogens is 230 g/mol. The zero-order chi connectivity index (χ0) is 13.5. The summed E-state index contributed by atoms with van der Waals surface area (Å²) in [6, 6.07) is 19.8. The molecule has 1 heteroatoms. The average molecular weight is 253 g/mol. The van der Waals surface area contributed by atoms with Crippen LogP contribution in [0, 0.1) is 6.92 Å². The fourth-order valence-corrected chi connectivity index (χ4v) is 2.26. The van der Waals surface area contributed by atoms with E-state index in [2.05, 4.69) is 73.8 Å². The van der Waals surface area contributed by atoms with E-state index in [1.807, 2.05) is 0 Å². The number of hydrogen-bond donors (Lipinski definition) is 1. The van der Waals surface area contributed by atoms with Crippen LogP contribution in [0.4, 0.5) is 5.69 Å². The zero-order valence-corrected chi connectivity index (χ0v) is 11.9. The lowest BCUT2D eigenvalue weighted by atomic mass is 9.99. The summed E-state index contributed by atoms with van der Waals surface area (Å²) in [7, 11) is 0. The van der Waals surface area contributed by atoms with E-state index in [0.29, 0.717) is 6.04 Å². The van der Waals surface area contributed by atoms with Crippen molar-refractivity contribution in [3.8, 4) is 0 Å². The minimum absolute atomic E-state index is 0.406.